The predicted octanol–water partition coefficient (Wildman–Crippen LogP) is 2.70. The maximum atomic E-state index is 9.90. The van der Waals surface area contributed by atoms with Crippen LogP contribution in [-0.2, 0) is 4.74 Å². The van der Waals surface area contributed by atoms with Crippen molar-refractivity contribution in [3.8, 4) is 0 Å². The van der Waals surface area contributed by atoms with E-state index in [0.717, 1.165) is 5.56 Å². The molecule has 2 nitrogen and oxygen atoms in total. The van der Waals surface area contributed by atoms with Crippen LogP contribution in [-0.4, -0.2) is 17.8 Å². The first-order valence-electron chi connectivity index (χ1n) is 5.25. The topological polar surface area (TPSA) is 29.5 Å². The molecule has 2 heteroatoms. The Balaban J connectivity index is 2.77. The van der Waals surface area contributed by atoms with E-state index in [4.69, 9.17) is 4.74 Å². The lowest BCUT2D eigenvalue weighted by Gasteiger charge is -2.22. The molecule has 2 unspecified atom stereocenters. The van der Waals surface area contributed by atoms with Crippen molar-refractivity contribution in [3.05, 3.63) is 48.6 Å². The average Bonchev–Trinajstić information content (AvgIpc) is 2.27. The van der Waals surface area contributed by atoms with Crippen molar-refractivity contribution in [2.45, 2.75) is 25.6 Å². The van der Waals surface area contributed by atoms with Gasteiger partial charge in [0.1, 0.15) is 6.10 Å². The minimum Gasteiger partial charge on any atom is -0.390 e. The van der Waals surface area contributed by atoms with Gasteiger partial charge in [0.2, 0.25) is 0 Å². The summed E-state index contributed by atoms with van der Waals surface area (Å²) in [6.07, 6.45) is 1.47. The SMILES string of the molecule is C=CCC(O)C(OCC)c1ccccc1. The smallest absolute Gasteiger partial charge is 0.109 e. The lowest BCUT2D eigenvalue weighted by atomic mass is 10.0. The molecule has 0 bridgehead atoms. The van der Waals surface area contributed by atoms with Crippen molar-refractivity contribution in [1.82, 2.24) is 0 Å². The molecule has 1 rings (SSSR count). The molecule has 0 amide bonds. The van der Waals surface area contributed by atoms with Crippen LogP contribution in [0, 0.1) is 0 Å². The van der Waals surface area contributed by atoms with Gasteiger partial charge in [0.25, 0.3) is 0 Å². The number of hydrogen-bond donors (Lipinski definition) is 1. The second-order valence-corrected chi connectivity index (χ2v) is 3.38. The Bertz CT molecular complexity index is 282. The lowest BCUT2D eigenvalue weighted by Crippen LogP contribution is -2.20. The Morgan fingerprint density at radius 1 is 1.40 bits per heavy atom. The molecule has 0 aliphatic heterocycles. The summed E-state index contributed by atoms with van der Waals surface area (Å²) in [6, 6.07) is 9.77. The van der Waals surface area contributed by atoms with Gasteiger partial charge in [-0.2, -0.15) is 0 Å². The molecule has 0 aliphatic rings. The molecule has 1 aromatic rings. The molecule has 0 saturated carbocycles. The minimum absolute atomic E-state index is 0.255. The van der Waals surface area contributed by atoms with Gasteiger partial charge < -0.3 is 9.84 Å². The summed E-state index contributed by atoms with van der Waals surface area (Å²) >= 11 is 0. The predicted molar refractivity (Wildman–Crippen MR) is 61.6 cm³/mol. The molecule has 0 radical (unpaired) electrons. The van der Waals surface area contributed by atoms with E-state index < -0.39 is 6.10 Å². The van der Waals surface area contributed by atoms with Crippen molar-refractivity contribution in [2.24, 2.45) is 0 Å². The van der Waals surface area contributed by atoms with Gasteiger partial charge in [0.05, 0.1) is 6.10 Å². The van der Waals surface area contributed by atoms with Crippen LogP contribution in [0.25, 0.3) is 0 Å². The molecule has 1 aromatic carbocycles. The van der Waals surface area contributed by atoms with E-state index in [-0.39, 0.29) is 6.10 Å². The van der Waals surface area contributed by atoms with Gasteiger partial charge in [0.15, 0.2) is 0 Å². The first-order chi connectivity index (χ1) is 7.29. The third-order valence-corrected chi connectivity index (χ3v) is 2.23. The van der Waals surface area contributed by atoms with E-state index in [2.05, 4.69) is 6.58 Å². The molecule has 0 aromatic heterocycles. The quantitative estimate of drug-likeness (QED) is 0.725. The second kappa shape index (κ2) is 6.38. The fraction of sp³-hybridized carbons (Fsp3) is 0.385. The van der Waals surface area contributed by atoms with Crippen LogP contribution in [0.2, 0.25) is 0 Å². The van der Waals surface area contributed by atoms with Crippen LogP contribution in [0.3, 0.4) is 0 Å². The van der Waals surface area contributed by atoms with Gasteiger partial charge in [-0.05, 0) is 18.9 Å². The highest BCUT2D eigenvalue weighted by Gasteiger charge is 2.19. The molecule has 0 aliphatic carbocycles. The Morgan fingerprint density at radius 2 is 2.07 bits per heavy atom. The zero-order chi connectivity index (χ0) is 11.1. The summed E-state index contributed by atoms with van der Waals surface area (Å²) in [4.78, 5) is 0. The Morgan fingerprint density at radius 3 is 2.60 bits per heavy atom. The van der Waals surface area contributed by atoms with E-state index in [1.54, 1.807) is 6.08 Å². The molecule has 1 N–H and O–H groups in total. The molecule has 15 heavy (non-hydrogen) atoms. The van der Waals surface area contributed by atoms with Crippen LogP contribution >= 0.6 is 0 Å². The summed E-state index contributed by atoms with van der Waals surface area (Å²) in [6.45, 7) is 6.14. The summed E-state index contributed by atoms with van der Waals surface area (Å²) in [5.74, 6) is 0. The van der Waals surface area contributed by atoms with Crippen molar-refractivity contribution < 1.29 is 9.84 Å². The number of benzene rings is 1. The number of rotatable bonds is 6. The highest BCUT2D eigenvalue weighted by Crippen LogP contribution is 2.23. The van der Waals surface area contributed by atoms with Crippen molar-refractivity contribution in [1.29, 1.82) is 0 Å². The molecular weight excluding hydrogens is 188 g/mol. The number of hydrogen-bond acceptors (Lipinski definition) is 2. The largest absolute Gasteiger partial charge is 0.390 e. The minimum atomic E-state index is -0.523. The van der Waals surface area contributed by atoms with E-state index >= 15 is 0 Å². The molecule has 82 valence electrons. The van der Waals surface area contributed by atoms with Gasteiger partial charge in [-0.15, -0.1) is 6.58 Å². The Labute approximate surface area is 91.2 Å². The standard InChI is InChI=1S/C13H18O2/c1-3-8-12(14)13(15-4-2)11-9-6-5-7-10-11/h3,5-7,9-10,12-14H,1,4,8H2,2H3. The third-order valence-electron chi connectivity index (χ3n) is 2.23. The highest BCUT2D eigenvalue weighted by molar-refractivity contribution is 5.18. The third kappa shape index (κ3) is 3.50. The summed E-state index contributed by atoms with van der Waals surface area (Å²) in [7, 11) is 0. The van der Waals surface area contributed by atoms with Crippen LogP contribution in [0.4, 0.5) is 0 Å². The van der Waals surface area contributed by atoms with Gasteiger partial charge in [-0.1, -0.05) is 36.4 Å². The van der Waals surface area contributed by atoms with Crippen molar-refractivity contribution >= 4 is 0 Å². The molecule has 0 heterocycles. The van der Waals surface area contributed by atoms with Crippen LogP contribution in [0.5, 0.6) is 0 Å². The molecule has 0 saturated heterocycles. The normalized spacial score (nSPS) is 14.5. The van der Waals surface area contributed by atoms with E-state index in [0.29, 0.717) is 13.0 Å². The van der Waals surface area contributed by atoms with Crippen LogP contribution < -0.4 is 0 Å². The lowest BCUT2D eigenvalue weighted by molar-refractivity contribution is -0.0328. The maximum absolute atomic E-state index is 9.90. The monoisotopic (exact) mass is 206 g/mol. The van der Waals surface area contributed by atoms with E-state index in [1.807, 2.05) is 37.3 Å². The zero-order valence-corrected chi connectivity index (χ0v) is 9.10. The van der Waals surface area contributed by atoms with Gasteiger partial charge in [0, 0.05) is 6.61 Å². The fourth-order valence-electron chi connectivity index (χ4n) is 1.55. The Kier molecular flexibility index (Phi) is 5.08. The summed E-state index contributed by atoms with van der Waals surface area (Å²) < 4.78 is 5.54. The Hall–Kier alpha value is -1.12. The molecule has 0 spiro atoms. The van der Waals surface area contributed by atoms with Crippen molar-refractivity contribution in [2.75, 3.05) is 6.61 Å². The number of aliphatic hydroxyl groups is 1. The number of aliphatic hydroxyl groups excluding tert-OH is 1. The van der Waals surface area contributed by atoms with Crippen molar-refractivity contribution in [3.63, 3.8) is 0 Å². The summed E-state index contributed by atoms with van der Waals surface area (Å²) in [5, 5.41) is 9.90. The van der Waals surface area contributed by atoms with Gasteiger partial charge >= 0.3 is 0 Å². The fourth-order valence-corrected chi connectivity index (χ4v) is 1.55. The first kappa shape index (κ1) is 12.0. The highest BCUT2D eigenvalue weighted by atomic mass is 16.5. The zero-order valence-electron chi connectivity index (χ0n) is 9.10. The maximum Gasteiger partial charge on any atom is 0.109 e. The molecular formula is C13H18O2. The van der Waals surface area contributed by atoms with Gasteiger partial charge in [-0.25, -0.2) is 0 Å². The summed E-state index contributed by atoms with van der Waals surface area (Å²) in [5.41, 5.74) is 1.01. The molecule has 2 atom stereocenters. The van der Waals surface area contributed by atoms with Crippen LogP contribution in [0.1, 0.15) is 25.0 Å². The first-order valence-corrected chi connectivity index (χ1v) is 5.25. The number of ether oxygens (including phenoxy) is 1. The molecule has 0 fully saturated rings. The van der Waals surface area contributed by atoms with E-state index in [9.17, 15) is 5.11 Å². The van der Waals surface area contributed by atoms with E-state index in [1.165, 1.54) is 0 Å². The second-order valence-electron chi connectivity index (χ2n) is 3.38. The average molecular weight is 206 g/mol. The van der Waals surface area contributed by atoms with Crippen LogP contribution in [0.15, 0.2) is 43.0 Å². The van der Waals surface area contributed by atoms with Gasteiger partial charge in [-0.3, -0.25) is 0 Å².